The fraction of sp³-hybridized carbons (Fsp3) is 0.833. The Bertz CT molecular complexity index is 744. The molecule has 1 N–H and O–H groups in total. The third-order valence-electron chi connectivity index (χ3n) is 11.1. The molecule has 32 heavy (non-hydrogen) atoms. The van der Waals surface area contributed by atoms with E-state index in [0.29, 0.717) is 30.1 Å². The Morgan fingerprint density at radius 1 is 1.03 bits per heavy atom. The van der Waals surface area contributed by atoms with Crippen LogP contribution >= 0.6 is 0 Å². The Morgan fingerprint density at radius 2 is 1.69 bits per heavy atom. The van der Waals surface area contributed by atoms with Gasteiger partial charge in [0.2, 0.25) is 0 Å². The first-order valence-electron chi connectivity index (χ1n) is 13.3. The minimum atomic E-state index is -0.590. The Morgan fingerprint density at radius 3 is 2.28 bits per heavy atom. The maximum absolute atomic E-state index is 11.6. The highest BCUT2D eigenvalue weighted by molar-refractivity contribution is 5.49. The predicted octanol–water partition coefficient (Wildman–Crippen LogP) is 7.90. The molecule has 0 bridgehead atoms. The largest absolute Gasteiger partial charge is 0.390 e. The number of aldehydes is 1. The third kappa shape index (κ3) is 4.08. The third-order valence-corrected chi connectivity index (χ3v) is 11.1. The molecule has 3 saturated carbocycles. The molecule has 3 aliphatic rings. The smallest absolute Gasteiger partial charge is 0.120 e. The maximum atomic E-state index is 11.6. The molecule has 0 heterocycles. The van der Waals surface area contributed by atoms with E-state index >= 15 is 0 Å². The topological polar surface area (TPSA) is 37.3 Å². The van der Waals surface area contributed by atoms with Gasteiger partial charge in [0.25, 0.3) is 0 Å². The molecule has 0 amide bonds. The van der Waals surface area contributed by atoms with Gasteiger partial charge in [-0.15, -0.1) is 0 Å². The second-order valence-corrected chi connectivity index (χ2v) is 13.0. The van der Waals surface area contributed by atoms with E-state index in [1.165, 1.54) is 43.3 Å². The first kappa shape index (κ1) is 25.7. The molecule has 2 heteroatoms. The van der Waals surface area contributed by atoms with Crippen molar-refractivity contribution in [2.75, 3.05) is 0 Å². The van der Waals surface area contributed by atoms with Crippen molar-refractivity contribution in [3.8, 4) is 0 Å². The van der Waals surface area contributed by atoms with Crippen LogP contribution in [-0.2, 0) is 4.79 Å². The van der Waals surface area contributed by atoms with Gasteiger partial charge >= 0.3 is 0 Å². The SMILES string of the molecule is C=C(C)C1CC[C@]2(C)[C@H](CC[C@H]3[C@@H]([C@@](C)(O)CCC=C(C)C)CC[C@@]32C)[C@@]1(C)CCC=O. The van der Waals surface area contributed by atoms with E-state index in [0.717, 1.165) is 32.0 Å². The number of rotatable bonds is 8. The second-order valence-electron chi connectivity index (χ2n) is 13.0. The van der Waals surface area contributed by atoms with Gasteiger partial charge < -0.3 is 9.90 Å². The molecule has 8 atom stereocenters. The number of hydrogen-bond acceptors (Lipinski definition) is 2. The van der Waals surface area contributed by atoms with Crippen LogP contribution in [0.5, 0.6) is 0 Å². The maximum Gasteiger partial charge on any atom is 0.120 e. The molecule has 3 rings (SSSR count). The van der Waals surface area contributed by atoms with Gasteiger partial charge in [0, 0.05) is 6.42 Å². The first-order chi connectivity index (χ1) is 14.8. The summed E-state index contributed by atoms with van der Waals surface area (Å²) in [6.45, 7) is 20.6. The lowest BCUT2D eigenvalue weighted by Crippen LogP contribution is -2.60. The zero-order valence-corrected chi connectivity index (χ0v) is 22.1. The van der Waals surface area contributed by atoms with Crippen LogP contribution in [-0.4, -0.2) is 17.0 Å². The number of carbonyl (C=O) groups is 1. The highest BCUT2D eigenvalue weighted by atomic mass is 16.3. The van der Waals surface area contributed by atoms with Crippen LogP contribution in [0.4, 0.5) is 0 Å². The predicted molar refractivity (Wildman–Crippen MR) is 135 cm³/mol. The number of fused-ring (bicyclic) bond motifs is 3. The van der Waals surface area contributed by atoms with Crippen LogP contribution < -0.4 is 0 Å². The van der Waals surface area contributed by atoms with Gasteiger partial charge in [0.15, 0.2) is 0 Å². The fourth-order valence-electron chi connectivity index (χ4n) is 9.22. The van der Waals surface area contributed by atoms with E-state index < -0.39 is 5.60 Å². The molecule has 1 unspecified atom stereocenters. The molecule has 0 saturated heterocycles. The average Bonchev–Trinajstić information content (AvgIpc) is 3.05. The van der Waals surface area contributed by atoms with E-state index in [2.05, 4.69) is 61.1 Å². The molecule has 0 aliphatic heterocycles. The summed E-state index contributed by atoms with van der Waals surface area (Å²) < 4.78 is 0. The Kier molecular flexibility index (Phi) is 7.27. The molecular formula is C30H50O2. The van der Waals surface area contributed by atoms with Crippen LogP contribution in [0.2, 0.25) is 0 Å². The molecule has 3 fully saturated rings. The van der Waals surface area contributed by atoms with Crippen molar-refractivity contribution in [2.45, 2.75) is 118 Å². The molecule has 2 nitrogen and oxygen atoms in total. The van der Waals surface area contributed by atoms with E-state index in [1.54, 1.807) is 0 Å². The summed E-state index contributed by atoms with van der Waals surface area (Å²) in [6, 6.07) is 0. The van der Waals surface area contributed by atoms with Crippen molar-refractivity contribution in [1.29, 1.82) is 0 Å². The van der Waals surface area contributed by atoms with E-state index in [4.69, 9.17) is 0 Å². The number of hydrogen-bond donors (Lipinski definition) is 1. The lowest BCUT2D eigenvalue weighted by Gasteiger charge is -2.66. The van der Waals surface area contributed by atoms with Crippen LogP contribution in [0.15, 0.2) is 23.8 Å². The van der Waals surface area contributed by atoms with Gasteiger partial charge in [-0.25, -0.2) is 0 Å². The van der Waals surface area contributed by atoms with Gasteiger partial charge in [-0.2, -0.15) is 0 Å². The average molecular weight is 443 g/mol. The van der Waals surface area contributed by atoms with Gasteiger partial charge in [-0.1, -0.05) is 44.6 Å². The lowest BCUT2D eigenvalue weighted by atomic mass is 9.38. The monoisotopic (exact) mass is 442 g/mol. The molecule has 0 radical (unpaired) electrons. The van der Waals surface area contributed by atoms with Crippen molar-refractivity contribution in [1.82, 2.24) is 0 Å². The summed E-state index contributed by atoms with van der Waals surface area (Å²) in [7, 11) is 0. The molecule has 0 aromatic rings. The van der Waals surface area contributed by atoms with Crippen LogP contribution in [0.3, 0.4) is 0 Å². The van der Waals surface area contributed by atoms with Crippen LogP contribution in [0.25, 0.3) is 0 Å². The molecule has 0 aromatic heterocycles. The van der Waals surface area contributed by atoms with Crippen molar-refractivity contribution < 1.29 is 9.90 Å². The minimum Gasteiger partial charge on any atom is -0.390 e. The zero-order valence-electron chi connectivity index (χ0n) is 22.1. The number of aliphatic hydroxyl groups is 1. The Labute approximate surface area is 198 Å². The molecule has 0 spiro atoms. The quantitative estimate of drug-likeness (QED) is 0.306. The summed E-state index contributed by atoms with van der Waals surface area (Å²) in [5.74, 6) is 2.14. The Hall–Kier alpha value is -0.890. The first-order valence-corrected chi connectivity index (χ1v) is 13.3. The molecule has 0 aromatic carbocycles. The van der Waals surface area contributed by atoms with Crippen molar-refractivity contribution in [2.24, 2.45) is 39.9 Å². The second kappa shape index (κ2) is 9.05. The van der Waals surface area contributed by atoms with E-state index in [1.807, 2.05) is 0 Å². The minimum absolute atomic E-state index is 0.151. The van der Waals surface area contributed by atoms with Gasteiger partial charge in [0.05, 0.1) is 5.60 Å². The normalized spacial score (nSPS) is 43.0. The van der Waals surface area contributed by atoms with Gasteiger partial charge in [0.1, 0.15) is 6.29 Å². The standard InChI is InChI=1S/C30H50O2/c1-21(2)11-9-17-30(8,32)25-15-18-28(6)24(25)12-13-26-27(5,16-10-20-31)23(22(3)4)14-19-29(26,28)7/h11,20,23-26,32H,3,9-10,12-19H2,1-2,4-8H3/t23?,24-,25-,26+,27-,28-,29+,30-/m0/s1. The molecule has 3 aliphatic carbocycles. The summed E-state index contributed by atoms with van der Waals surface area (Å²) in [4.78, 5) is 11.4. The van der Waals surface area contributed by atoms with Crippen LogP contribution in [0.1, 0.15) is 113 Å². The number of carbonyl (C=O) groups excluding carboxylic acids is 1. The van der Waals surface area contributed by atoms with Crippen molar-refractivity contribution in [3.63, 3.8) is 0 Å². The van der Waals surface area contributed by atoms with E-state index in [-0.39, 0.29) is 16.2 Å². The number of allylic oxidation sites excluding steroid dienone is 3. The summed E-state index contributed by atoms with van der Waals surface area (Å²) in [5, 5.41) is 11.6. The molecular weight excluding hydrogens is 392 g/mol. The Balaban J connectivity index is 1.91. The lowest BCUT2D eigenvalue weighted by molar-refractivity contribution is -0.177. The highest BCUT2D eigenvalue weighted by Crippen LogP contribution is 2.74. The summed E-state index contributed by atoms with van der Waals surface area (Å²) in [5.41, 5.74) is 2.74. The van der Waals surface area contributed by atoms with Gasteiger partial charge in [-0.05, 0) is 125 Å². The summed E-state index contributed by atoms with van der Waals surface area (Å²) in [6.07, 6.45) is 14.2. The van der Waals surface area contributed by atoms with E-state index in [9.17, 15) is 9.90 Å². The van der Waals surface area contributed by atoms with Crippen molar-refractivity contribution in [3.05, 3.63) is 23.8 Å². The molecule has 182 valence electrons. The van der Waals surface area contributed by atoms with Gasteiger partial charge in [-0.3, -0.25) is 0 Å². The highest BCUT2D eigenvalue weighted by Gasteiger charge is 2.67. The zero-order chi connectivity index (χ0) is 23.9. The van der Waals surface area contributed by atoms with Crippen LogP contribution in [0, 0.1) is 39.9 Å². The summed E-state index contributed by atoms with van der Waals surface area (Å²) >= 11 is 0. The van der Waals surface area contributed by atoms with Crippen molar-refractivity contribution >= 4 is 6.29 Å². The fourth-order valence-corrected chi connectivity index (χ4v) is 9.22.